The number of aryl methyl sites for hydroxylation is 1. The summed E-state index contributed by atoms with van der Waals surface area (Å²) in [7, 11) is 2.06. The highest BCUT2D eigenvalue weighted by Gasteiger charge is 2.19. The van der Waals surface area contributed by atoms with Crippen molar-refractivity contribution in [3.8, 4) is 0 Å². The molecule has 94 valence electrons. The Labute approximate surface area is 104 Å². The smallest absolute Gasteiger partial charge is 0.0468 e. The molecule has 1 aliphatic rings. The van der Waals surface area contributed by atoms with Crippen molar-refractivity contribution in [3.63, 3.8) is 0 Å². The molecule has 0 spiro atoms. The van der Waals surface area contributed by atoms with Crippen LogP contribution < -0.4 is 5.32 Å². The van der Waals surface area contributed by atoms with Crippen LogP contribution in [0.15, 0.2) is 24.3 Å². The van der Waals surface area contributed by atoms with E-state index in [4.69, 9.17) is 4.74 Å². The number of ether oxygens (including phenoxy) is 1. The molecular weight excluding hydrogens is 210 g/mol. The van der Waals surface area contributed by atoms with Crippen molar-refractivity contribution < 1.29 is 4.74 Å². The van der Waals surface area contributed by atoms with Crippen molar-refractivity contribution >= 4 is 0 Å². The fourth-order valence-electron chi connectivity index (χ4n) is 2.53. The lowest BCUT2D eigenvalue weighted by atomic mass is 9.89. The van der Waals surface area contributed by atoms with Crippen LogP contribution in [-0.2, 0) is 4.74 Å². The minimum atomic E-state index is 0.485. The van der Waals surface area contributed by atoms with E-state index in [-0.39, 0.29) is 0 Å². The van der Waals surface area contributed by atoms with Gasteiger partial charge in [-0.15, -0.1) is 0 Å². The molecule has 0 aliphatic carbocycles. The topological polar surface area (TPSA) is 21.3 Å². The number of nitrogens with one attached hydrogen (secondary N) is 1. The highest BCUT2D eigenvalue weighted by atomic mass is 16.5. The van der Waals surface area contributed by atoms with Crippen LogP contribution in [0.1, 0.15) is 36.4 Å². The summed E-state index contributed by atoms with van der Waals surface area (Å²) in [6.45, 7) is 4.01. The summed E-state index contributed by atoms with van der Waals surface area (Å²) in [6.07, 6.45) is 3.65. The number of hydrogen-bond acceptors (Lipinski definition) is 2. The molecule has 2 heteroatoms. The predicted octanol–water partition coefficient (Wildman–Crippen LogP) is 3.07. The van der Waals surface area contributed by atoms with Crippen molar-refractivity contribution in [2.75, 3.05) is 20.3 Å². The molecule has 0 saturated carbocycles. The van der Waals surface area contributed by atoms with Crippen LogP contribution in [0.2, 0.25) is 0 Å². The monoisotopic (exact) mass is 233 g/mol. The Morgan fingerprint density at radius 3 is 2.47 bits per heavy atom. The van der Waals surface area contributed by atoms with Crippen LogP contribution in [-0.4, -0.2) is 20.3 Å². The summed E-state index contributed by atoms with van der Waals surface area (Å²) in [6, 6.07) is 9.37. The molecule has 0 bridgehead atoms. The first-order chi connectivity index (χ1) is 8.29. The third-order valence-electron chi connectivity index (χ3n) is 3.74. The lowest BCUT2D eigenvalue weighted by Crippen LogP contribution is -2.23. The standard InChI is InChI=1S/C15H23NO/c1-12-3-5-14(6-4-12)15(16-2)11-13-7-9-17-10-8-13/h3-6,13,15-16H,7-11H2,1-2H3. The van der Waals surface area contributed by atoms with Crippen molar-refractivity contribution in [1.29, 1.82) is 0 Å². The summed E-state index contributed by atoms with van der Waals surface area (Å²) in [4.78, 5) is 0. The van der Waals surface area contributed by atoms with Gasteiger partial charge in [0.25, 0.3) is 0 Å². The van der Waals surface area contributed by atoms with Crippen molar-refractivity contribution in [2.45, 2.75) is 32.2 Å². The third kappa shape index (κ3) is 3.55. The van der Waals surface area contributed by atoms with Gasteiger partial charge in [0.15, 0.2) is 0 Å². The van der Waals surface area contributed by atoms with Gasteiger partial charge in [0.1, 0.15) is 0 Å². The van der Waals surface area contributed by atoms with E-state index >= 15 is 0 Å². The molecule has 1 unspecified atom stereocenters. The van der Waals surface area contributed by atoms with E-state index in [9.17, 15) is 0 Å². The fourth-order valence-corrected chi connectivity index (χ4v) is 2.53. The zero-order valence-electron chi connectivity index (χ0n) is 10.9. The molecule has 1 atom stereocenters. The average Bonchev–Trinajstić information content (AvgIpc) is 2.38. The zero-order valence-corrected chi connectivity index (χ0v) is 10.9. The second-order valence-corrected chi connectivity index (χ2v) is 5.04. The third-order valence-corrected chi connectivity index (χ3v) is 3.74. The lowest BCUT2D eigenvalue weighted by molar-refractivity contribution is 0.0608. The van der Waals surface area contributed by atoms with Crippen LogP contribution >= 0.6 is 0 Å². The van der Waals surface area contributed by atoms with Gasteiger partial charge in [0.2, 0.25) is 0 Å². The minimum Gasteiger partial charge on any atom is -0.381 e. The Bertz CT molecular complexity index is 327. The van der Waals surface area contributed by atoms with Crippen molar-refractivity contribution in [3.05, 3.63) is 35.4 Å². The summed E-state index contributed by atoms with van der Waals surface area (Å²) in [5, 5.41) is 3.44. The SMILES string of the molecule is CNC(CC1CCOCC1)c1ccc(C)cc1. The van der Waals surface area contributed by atoms with Gasteiger partial charge in [-0.2, -0.15) is 0 Å². The fraction of sp³-hybridized carbons (Fsp3) is 0.600. The first-order valence-electron chi connectivity index (χ1n) is 6.61. The maximum absolute atomic E-state index is 5.42. The van der Waals surface area contributed by atoms with Crippen LogP contribution in [0.5, 0.6) is 0 Å². The first-order valence-corrected chi connectivity index (χ1v) is 6.61. The molecule has 1 fully saturated rings. The van der Waals surface area contributed by atoms with Gasteiger partial charge < -0.3 is 10.1 Å². The van der Waals surface area contributed by atoms with E-state index < -0.39 is 0 Å². The Balaban J connectivity index is 1.97. The summed E-state index contributed by atoms with van der Waals surface area (Å²) < 4.78 is 5.42. The minimum absolute atomic E-state index is 0.485. The largest absolute Gasteiger partial charge is 0.381 e. The maximum Gasteiger partial charge on any atom is 0.0468 e. The molecule has 1 saturated heterocycles. The Morgan fingerprint density at radius 2 is 1.88 bits per heavy atom. The van der Waals surface area contributed by atoms with E-state index in [0.29, 0.717) is 6.04 Å². The molecule has 1 N–H and O–H groups in total. The number of hydrogen-bond donors (Lipinski definition) is 1. The molecule has 2 rings (SSSR count). The summed E-state index contributed by atoms with van der Waals surface area (Å²) in [5.74, 6) is 0.808. The van der Waals surface area contributed by atoms with E-state index in [1.807, 2.05) is 0 Å². The summed E-state index contributed by atoms with van der Waals surface area (Å²) >= 11 is 0. The van der Waals surface area contributed by atoms with Crippen LogP contribution in [0, 0.1) is 12.8 Å². The average molecular weight is 233 g/mol. The second-order valence-electron chi connectivity index (χ2n) is 5.04. The Kier molecular flexibility index (Phi) is 4.57. The molecule has 1 heterocycles. The summed E-state index contributed by atoms with van der Waals surface area (Å²) in [5.41, 5.74) is 2.74. The maximum atomic E-state index is 5.42. The highest BCUT2D eigenvalue weighted by molar-refractivity contribution is 5.24. The Morgan fingerprint density at radius 1 is 1.24 bits per heavy atom. The van der Waals surface area contributed by atoms with Gasteiger partial charge in [-0.1, -0.05) is 29.8 Å². The number of benzene rings is 1. The molecule has 0 amide bonds. The van der Waals surface area contributed by atoms with E-state index in [1.54, 1.807) is 0 Å². The molecule has 0 aromatic heterocycles. The molecule has 2 nitrogen and oxygen atoms in total. The molecular formula is C15H23NO. The van der Waals surface area contributed by atoms with Gasteiger partial charge in [0.05, 0.1) is 0 Å². The lowest BCUT2D eigenvalue weighted by Gasteiger charge is -2.26. The number of rotatable bonds is 4. The van der Waals surface area contributed by atoms with Crippen molar-refractivity contribution in [1.82, 2.24) is 5.32 Å². The molecule has 1 aromatic rings. The van der Waals surface area contributed by atoms with Crippen molar-refractivity contribution in [2.24, 2.45) is 5.92 Å². The van der Waals surface area contributed by atoms with Gasteiger partial charge in [-0.3, -0.25) is 0 Å². The quantitative estimate of drug-likeness (QED) is 0.863. The first kappa shape index (κ1) is 12.6. The van der Waals surface area contributed by atoms with Crippen LogP contribution in [0.4, 0.5) is 0 Å². The highest BCUT2D eigenvalue weighted by Crippen LogP contribution is 2.27. The molecule has 1 aliphatic heterocycles. The van der Waals surface area contributed by atoms with Gasteiger partial charge in [-0.25, -0.2) is 0 Å². The van der Waals surface area contributed by atoms with Crippen LogP contribution in [0.25, 0.3) is 0 Å². The van der Waals surface area contributed by atoms with Gasteiger partial charge in [0, 0.05) is 19.3 Å². The van der Waals surface area contributed by atoms with Crippen LogP contribution in [0.3, 0.4) is 0 Å². The van der Waals surface area contributed by atoms with Gasteiger partial charge >= 0.3 is 0 Å². The van der Waals surface area contributed by atoms with E-state index in [1.165, 1.54) is 30.4 Å². The molecule has 0 radical (unpaired) electrons. The zero-order chi connectivity index (χ0) is 12.1. The molecule has 17 heavy (non-hydrogen) atoms. The Hall–Kier alpha value is -0.860. The second kappa shape index (κ2) is 6.18. The molecule has 1 aromatic carbocycles. The predicted molar refractivity (Wildman–Crippen MR) is 71.1 cm³/mol. The van der Waals surface area contributed by atoms with E-state index in [0.717, 1.165) is 19.1 Å². The van der Waals surface area contributed by atoms with E-state index in [2.05, 4.69) is 43.6 Å². The van der Waals surface area contributed by atoms with Gasteiger partial charge in [-0.05, 0) is 44.7 Å². The normalized spacial score (nSPS) is 19.2.